The monoisotopic (exact) mass is 363 g/mol. The van der Waals surface area contributed by atoms with Crippen molar-refractivity contribution in [1.29, 1.82) is 0 Å². The van der Waals surface area contributed by atoms with Gasteiger partial charge in [0.05, 0.1) is 6.10 Å². The number of nitrogen functional groups attached to an aromatic ring is 1. The van der Waals surface area contributed by atoms with Crippen LogP contribution in [0.3, 0.4) is 0 Å². The van der Waals surface area contributed by atoms with E-state index < -0.39 is 0 Å². The van der Waals surface area contributed by atoms with E-state index in [9.17, 15) is 0 Å². The second-order valence-corrected chi connectivity index (χ2v) is 6.05. The van der Waals surface area contributed by atoms with Gasteiger partial charge in [-0.1, -0.05) is 15.9 Å². The van der Waals surface area contributed by atoms with Crippen LogP contribution in [-0.4, -0.2) is 29.2 Å². The van der Waals surface area contributed by atoms with Gasteiger partial charge in [0.25, 0.3) is 0 Å². The van der Waals surface area contributed by atoms with E-state index >= 15 is 0 Å². The smallest absolute Gasteiger partial charge is 0.159 e. The fourth-order valence-corrected chi connectivity index (χ4v) is 2.59. The number of halogens is 1. The Morgan fingerprint density at radius 2 is 2.00 bits per heavy atom. The van der Waals surface area contributed by atoms with Crippen LogP contribution in [-0.2, 0) is 4.74 Å². The molecule has 2 heterocycles. The van der Waals surface area contributed by atoms with Crippen molar-refractivity contribution in [3.63, 3.8) is 0 Å². The van der Waals surface area contributed by atoms with E-state index in [1.807, 2.05) is 24.3 Å². The Balaban J connectivity index is 1.69. The van der Waals surface area contributed by atoms with E-state index in [0.29, 0.717) is 23.9 Å². The van der Waals surface area contributed by atoms with Crippen molar-refractivity contribution in [2.75, 3.05) is 29.5 Å². The number of hydrogen-bond acceptors (Lipinski definition) is 6. The van der Waals surface area contributed by atoms with Gasteiger partial charge >= 0.3 is 0 Å². The molecule has 3 rings (SSSR count). The van der Waals surface area contributed by atoms with Gasteiger partial charge < -0.3 is 21.1 Å². The maximum absolute atomic E-state index is 6.15. The summed E-state index contributed by atoms with van der Waals surface area (Å²) in [4.78, 5) is 8.41. The van der Waals surface area contributed by atoms with Gasteiger partial charge in [-0.05, 0) is 37.1 Å². The van der Waals surface area contributed by atoms with E-state index in [2.05, 4.69) is 36.5 Å². The molecule has 1 atom stereocenters. The van der Waals surface area contributed by atoms with Gasteiger partial charge in [-0.15, -0.1) is 0 Å². The minimum Gasteiger partial charge on any atom is -0.393 e. The predicted octanol–water partition coefficient (Wildman–Crippen LogP) is 3.16. The Bertz CT molecular complexity index is 628. The predicted molar refractivity (Wildman–Crippen MR) is 91.3 cm³/mol. The number of nitrogens with one attached hydrogen (secondary N) is 2. The third-order valence-electron chi connectivity index (χ3n) is 3.51. The maximum atomic E-state index is 6.15. The molecule has 1 aliphatic rings. The van der Waals surface area contributed by atoms with E-state index in [0.717, 1.165) is 29.6 Å². The molecule has 0 radical (unpaired) electrons. The molecule has 1 fully saturated rings. The van der Waals surface area contributed by atoms with Crippen LogP contribution >= 0.6 is 15.9 Å². The highest BCUT2D eigenvalue weighted by Gasteiger charge is 2.16. The molecule has 1 aromatic heterocycles. The normalized spacial score (nSPS) is 17.4. The Hall–Kier alpha value is -1.86. The second kappa shape index (κ2) is 6.93. The second-order valence-electron chi connectivity index (χ2n) is 5.13. The summed E-state index contributed by atoms with van der Waals surface area (Å²) < 4.78 is 6.61. The van der Waals surface area contributed by atoms with Crippen molar-refractivity contribution in [3.05, 3.63) is 35.1 Å². The van der Waals surface area contributed by atoms with Crippen molar-refractivity contribution >= 4 is 38.9 Å². The highest BCUT2D eigenvalue weighted by atomic mass is 79.9. The van der Waals surface area contributed by atoms with E-state index in [-0.39, 0.29) is 6.10 Å². The topological polar surface area (TPSA) is 85.1 Å². The Labute approximate surface area is 137 Å². The lowest BCUT2D eigenvalue weighted by Crippen LogP contribution is -2.20. The summed E-state index contributed by atoms with van der Waals surface area (Å²) in [6.45, 7) is 1.54. The van der Waals surface area contributed by atoms with Crippen molar-refractivity contribution in [3.8, 4) is 0 Å². The molecule has 6 nitrogen and oxygen atoms in total. The number of hydrogen-bond donors (Lipinski definition) is 3. The van der Waals surface area contributed by atoms with Crippen LogP contribution in [0.15, 0.2) is 35.1 Å². The molecule has 1 aliphatic heterocycles. The molecule has 2 aromatic rings. The van der Waals surface area contributed by atoms with Gasteiger partial charge in [0.1, 0.15) is 12.0 Å². The van der Waals surface area contributed by atoms with Crippen molar-refractivity contribution < 1.29 is 4.74 Å². The third-order valence-corrected chi connectivity index (χ3v) is 4.04. The highest BCUT2D eigenvalue weighted by Crippen LogP contribution is 2.26. The molecule has 1 aromatic carbocycles. The van der Waals surface area contributed by atoms with Gasteiger partial charge in [-0.2, -0.15) is 0 Å². The van der Waals surface area contributed by atoms with E-state index in [4.69, 9.17) is 10.5 Å². The van der Waals surface area contributed by atoms with Crippen LogP contribution in [0.2, 0.25) is 0 Å². The molecule has 22 heavy (non-hydrogen) atoms. The Morgan fingerprint density at radius 1 is 1.23 bits per heavy atom. The standard InChI is InChI=1S/C15H18BrN5O/c16-10-3-5-11(6-4-10)21-15-13(17)14(19-9-20-15)18-8-12-2-1-7-22-12/h3-6,9,12H,1-2,7-8,17H2,(H2,18,19,20,21). The van der Waals surface area contributed by atoms with Crippen molar-refractivity contribution in [2.24, 2.45) is 0 Å². The SMILES string of the molecule is Nc1c(NCC2CCCO2)ncnc1Nc1ccc(Br)cc1. The summed E-state index contributed by atoms with van der Waals surface area (Å²) in [7, 11) is 0. The Kier molecular flexibility index (Phi) is 4.74. The number of nitrogens with zero attached hydrogens (tertiary/aromatic N) is 2. The average Bonchev–Trinajstić information content (AvgIpc) is 3.04. The van der Waals surface area contributed by atoms with Gasteiger partial charge in [-0.3, -0.25) is 0 Å². The molecule has 1 unspecified atom stereocenters. The van der Waals surface area contributed by atoms with Gasteiger partial charge in [-0.25, -0.2) is 9.97 Å². The van der Waals surface area contributed by atoms with Crippen LogP contribution in [0.4, 0.5) is 23.0 Å². The first-order valence-electron chi connectivity index (χ1n) is 7.21. The summed E-state index contributed by atoms with van der Waals surface area (Å²) in [5.41, 5.74) is 7.56. The van der Waals surface area contributed by atoms with Crippen molar-refractivity contribution in [2.45, 2.75) is 18.9 Å². The first-order valence-corrected chi connectivity index (χ1v) is 8.00. The zero-order valence-electron chi connectivity index (χ0n) is 12.1. The van der Waals surface area contributed by atoms with Crippen molar-refractivity contribution in [1.82, 2.24) is 9.97 Å². The molecule has 0 bridgehead atoms. The molecular weight excluding hydrogens is 346 g/mol. The number of benzene rings is 1. The molecule has 0 spiro atoms. The summed E-state index contributed by atoms with van der Waals surface area (Å²) in [6, 6.07) is 7.81. The zero-order valence-corrected chi connectivity index (χ0v) is 13.6. The summed E-state index contributed by atoms with van der Waals surface area (Å²) >= 11 is 3.41. The number of aromatic nitrogens is 2. The first-order chi connectivity index (χ1) is 10.7. The molecule has 0 amide bonds. The lowest BCUT2D eigenvalue weighted by Gasteiger charge is -2.14. The van der Waals surface area contributed by atoms with Gasteiger partial charge in [0.2, 0.25) is 0 Å². The third kappa shape index (κ3) is 3.66. The molecule has 1 saturated heterocycles. The molecule has 0 aliphatic carbocycles. The quantitative estimate of drug-likeness (QED) is 0.756. The largest absolute Gasteiger partial charge is 0.393 e. The van der Waals surface area contributed by atoms with Crippen LogP contribution in [0, 0.1) is 0 Å². The highest BCUT2D eigenvalue weighted by molar-refractivity contribution is 9.10. The fraction of sp³-hybridized carbons (Fsp3) is 0.333. The minimum atomic E-state index is 0.234. The van der Waals surface area contributed by atoms with Crippen LogP contribution in [0.1, 0.15) is 12.8 Å². The van der Waals surface area contributed by atoms with Crippen LogP contribution in [0.5, 0.6) is 0 Å². The zero-order chi connectivity index (χ0) is 15.4. The molecule has 7 heteroatoms. The molecule has 0 saturated carbocycles. The summed E-state index contributed by atoms with van der Waals surface area (Å²) in [5, 5.41) is 6.44. The van der Waals surface area contributed by atoms with E-state index in [1.54, 1.807) is 0 Å². The van der Waals surface area contributed by atoms with E-state index in [1.165, 1.54) is 6.33 Å². The molecule has 4 N–H and O–H groups in total. The minimum absolute atomic E-state index is 0.234. The van der Waals surface area contributed by atoms with Gasteiger partial charge in [0, 0.05) is 23.3 Å². The van der Waals surface area contributed by atoms with Crippen LogP contribution in [0.25, 0.3) is 0 Å². The van der Waals surface area contributed by atoms with Crippen LogP contribution < -0.4 is 16.4 Å². The first kappa shape index (κ1) is 15.1. The lowest BCUT2D eigenvalue weighted by atomic mass is 10.2. The maximum Gasteiger partial charge on any atom is 0.159 e. The number of rotatable bonds is 5. The fourth-order valence-electron chi connectivity index (χ4n) is 2.32. The lowest BCUT2D eigenvalue weighted by molar-refractivity contribution is 0.120. The summed E-state index contributed by atoms with van der Waals surface area (Å²) in [5.74, 6) is 1.22. The average molecular weight is 364 g/mol. The number of nitrogens with two attached hydrogens (primary N) is 1. The number of anilines is 4. The number of ether oxygens (including phenoxy) is 1. The summed E-state index contributed by atoms with van der Waals surface area (Å²) in [6.07, 6.45) is 3.91. The van der Waals surface area contributed by atoms with Gasteiger partial charge in [0.15, 0.2) is 11.6 Å². The Morgan fingerprint density at radius 3 is 2.73 bits per heavy atom. The molecule has 116 valence electrons. The molecular formula is C15H18BrN5O.